The summed E-state index contributed by atoms with van der Waals surface area (Å²) in [6.45, 7) is 0.645. The number of halogens is 1. The van der Waals surface area contributed by atoms with Gasteiger partial charge in [0.1, 0.15) is 5.75 Å². The number of aromatic nitrogens is 4. The summed E-state index contributed by atoms with van der Waals surface area (Å²) in [5.74, 6) is 1.33. The van der Waals surface area contributed by atoms with Crippen LogP contribution in [0.25, 0.3) is 0 Å². The molecule has 4 N–H and O–H groups in total. The Hall–Kier alpha value is -3.02. The van der Waals surface area contributed by atoms with Crippen molar-refractivity contribution in [2.24, 2.45) is 0 Å². The van der Waals surface area contributed by atoms with Gasteiger partial charge in [0.15, 0.2) is 0 Å². The van der Waals surface area contributed by atoms with Gasteiger partial charge in [-0.05, 0) is 24.1 Å². The molecule has 0 aliphatic rings. The van der Waals surface area contributed by atoms with Crippen LogP contribution in [0.2, 0.25) is 5.02 Å². The SMILES string of the molecule is CS(=O)(=O)NCCc1ccc(Oc2cc(CNc3ncc(Cl)cn3)nc(N)n2)cc1. The van der Waals surface area contributed by atoms with Crippen LogP contribution < -0.4 is 20.5 Å². The largest absolute Gasteiger partial charge is 0.439 e. The Kier molecular flexibility index (Phi) is 6.98. The summed E-state index contributed by atoms with van der Waals surface area (Å²) in [7, 11) is -3.20. The molecule has 0 amide bonds. The Balaban J connectivity index is 1.60. The van der Waals surface area contributed by atoms with E-state index in [-0.39, 0.29) is 5.95 Å². The molecule has 0 unspecified atom stereocenters. The number of ether oxygens (including phenoxy) is 1. The molecule has 0 saturated carbocycles. The maximum Gasteiger partial charge on any atom is 0.224 e. The predicted molar refractivity (Wildman–Crippen MR) is 114 cm³/mol. The molecule has 0 aliphatic heterocycles. The third kappa shape index (κ3) is 7.10. The van der Waals surface area contributed by atoms with Crippen LogP contribution in [0, 0.1) is 0 Å². The molecular formula is C18H20ClN7O3S. The molecule has 30 heavy (non-hydrogen) atoms. The van der Waals surface area contributed by atoms with Crippen molar-refractivity contribution in [3.63, 3.8) is 0 Å². The van der Waals surface area contributed by atoms with E-state index in [0.29, 0.717) is 47.8 Å². The van der Waals surface area contributed by atoms with E-state index in [0.717, 1.165) is 11.8 Å². The topological polar surface area (TPSA) is 145 Å². The molecule has 10 nitrogen and oxygen atoms in total. The normalized spacial score (nSPS) is 11.3. The lowest BCUT2D eigenvalue weighted by atomic mass is 10.1. The number of benzene rings is 1. The van der Waals surface area contributed by atoms with E-state index in [1.54, 1.807) is 18.2 Å². The zero-order chi connectivity index (χ0) is 21.6. The quantitative estimate of drug-likeness (QED) is 0.446. The molecule has 0 saturated heterocycles. The third-order valence-electron chi connectivity index (χ3n) is 3.74. The van der Waals surface area contributed by atoms with E-state index in [1.165, 1.54) is 12.4 Å². The fraction of sp³-hybridized carbons (Fsp3) is 0.222. The fourth-order valence-corrected chi connectivity index (χ4v) is 3.00. The minimum Gasteiger partial charge on any atom is -0.439 e. The Bertz CT molecular complexity index is 1090. The molecule has 0 aliphatic carbocycles. The molecule has 2 heterocycles. The zero-order valence-corrected chi connectivity index (χ0v) is 17.6. The summed E-state index contributed by atoms with van der Waals surface area (Å²) < 4.78 is 30.4. The second-order valence-electron chi connectivity index (χ2n) is 6.30. The Morgan fingerprint density at radius 3 is 2.50 bits per heavy atom. The third-order valence-corrected chi connectivity index (χ3v) is 4.67. The first-order valence-corrected chi connectivity index (χ1v) is 11.1. The summed E-state index contributed by atoms with van der Waals surface area (Å²) in [5.41, 5.74) is 7.34. The summed E-state index contributed by atoms with van der Waals surface area (Å²) in [6, 6.07) is 8.90. The Morgan fingerprint density at radius 2 is 1.83 bits per heavy atom. The van der Waals surface area contributed by atoms with Gasteiger partial charge in [0.25, 0.3) is 0 Å². The summed E-state index contributed by atoms with van der Waals surface area (Å²) in [5, 5.41) is 3.46. The molecule has 0 fully saturated rings. The lowest BCUT2D eigenvalue weighted by Gasteiger charge is -2.09. The molecule has 3 rings (SSSR count). The van der Waals surface area contributed by atoms with E-state index in [2.05, 4.69) is 30.0 Å². The number of sulfonamides is 1. The van der Waals surface area contributed by atoms with E-state index in [4.69, 9.17) is 22.1 Å². The van der Waals surface area contributed by atoms with Gasteiger partial charge in [-0.25, -0.2) is 28.1 Å². The second-order valence-corrected chi connectivity index (χ2v) is 8.57. The second kappa shape index (κ2) is 9.65. The van der Waals surface area contributed by atoms with Crippen LogP contribution in [-0.2, 0) is 23.0 Å². The predicted octanol–water partition coefficient (Wildman–Crippen LogP) is 2.00. The van der Waals surface area contributed by atoms with Gasteiger partial charge in [-0.1, -0.05) is 23.7 Å². The van der Waals surface area contributed by atoms with Crippen molar-refractivity contribution in [3.05, 3.63) is 59.0 Å². The van der Waals surface area contributed by atoms with Crippen molar-refractivity contribution >= 4 is 33.5 Å². The number of hydrogen-bond donors (Lipinski definition) is 3. The standard InChI is InChI=1S/C18H20ClN7O3S/c1-30(27,28)24-7-6-12-2-4-15(5-3-12)29-16-8-14(25-17(20)26-16)11-23-18-21-9-13(19)10-22-18/h2-5,8-10,24H,6-7,11H2,1H3,(H2,20,25,26)(H,21,22,23). The maximum absolute atomic E-state index is 11.1. The van der Waals surface area contributed by atoms with Crippen molar-refractivity contribution in [1.82, 2.24) is 24.7 Å². The van der Waals surface area contributed by atoms with Crippen LogP contribution in [0.3, 0.4) is 0 Å². The van der Waals surface area contributed by atoms with Crippen molar-refractivity contribution in [2.75, 3.05) is 23.9 Å². The summed E-state index contributed by atoms with van der Waals surface area (Å²) >= 11 is 5.77. The van der Waals surface area contributed by atoms with Gasteiger partial charge in [-0.3, -0.25) is 0 Å². The highest BCUT2D eigenvalue weighted by Gasteiger charge is 2.07. The number of nitrogens with two attached hydrogens (primary N) is 1. The first kappa shape index (κ1) is 21.7. The van der Waals surface area contributed by atoms with Gasteiger partial charge in [0.2, 0.25) is 27.8 Å². The average molecular weight is 450 g/mol. The van der Waals surface area contributed by atoms with Gasteiger partial charge in [0, 0.05) is 12.6 Å². The Morgan fingerprint density at radius 1 is 1.13 bits per heavy atom. The first-order valence-electron chi connectivity index (χ1n) is 8.83. The fourth-order valence-electron chi connectivity index (χ4n) is 2.43. The molecule has 158 valence electrons. The average Bonchev–Trinajstić information content (AvgIpc) is 2.68. The number of hydrogen-bond acceptors (Lipinski definition) is 9. The van der Waals surface area contributed by atoms with E-state index >= 15 is 0 Å². The number of rotatable bonds is 9. The summed E-state index contributed by atoms with van der Waals surface area (Å²) in [6.07, 6.45) is 4.67. The number of nitrogen functional groups attached to an aromatic ring is 1. The number of nitrogens with zero attached hydrogens (tertiary/aromatic N) is 4. The molecular weight excluding hydrogens is 430 g/mol. The number of anilines is 2. The van der Waals surface area contributed by atoms with E-state index in [1.807, 2.05) is 12.1 Å². The Labute approximate surface area is 179 Å². The highest BCUT2D eigenvalue weighted by Crippen LogP contribution is 2.21. The van der Waals surface area contributed by atoms with Gasteiger partial charge in [-0.15, -0.1) is 0 Å². The summed E-state index contributed by atoms with van der Waals surface area (Å²) in [4.78, 5) is 16.3. The maximum atomic E-state index is 11.1. The van der Waals surface area contributed by atoms with Gasteiger partial charge in [0.05, 0.1) is 35.9 Å². The van der Waals surface area contributed by atoms with Crippen LogP contribution in [0.4, 0.5) is 11.9 Å². The molecule has 3 aromatic rings. The lowest BCUT2D eigenvalue weighted by molar-refractivity contribution is 0.461. The smallest absolute Gasteiger partial charge is 0.224 e. The van der Waals surface area contributed by atoms with Crippen LogP contribution in [-0.4, -0.2) is 41.2 Å². The van der Waals surface area contributed by atoms with Gasteiger partial charge >= 0.3 is 0 Å². The highest BCUT2D eigenvalue weighted by molar-refractivity contribution is 7.88. The highest BCUT2D eigenvalue weighted by atomic mass is 35.5. The molecule has 0 spiro atoms. The van der Waals surface area contributed by atoms with Crippen molar-refractivity contribution in [1.29, 1.82) is 0 Å². The minimum absolute atomic E-state index is 0.0739. The van der Waals surface area contributed by atoms with Crippen LogP contribution in [0.1, 0.15) is 11.3 Å². The monoisotopic (exact) mass is 449 g/mol. The van der Waals surface area contributed by atoms with Crippen molar-refractivity contribution < 1.29 is 13.2 Å². The molecule has 0 radical (unpaired) electrons. The van der Waals surface area contributed by atoms with Gasteiger partial charge in [-0.2, -0.15) is 4.98 Å². The molecule has 12 heteroatoms. The van der Waals surface area contributed by atoms with E-state index < -0.39 is 10.0 Å². The lowest BCUT2D eigenvalue weighted by Crippen LogP contribution is -2.24. The van der Waals surface area contributed by atoms with Gasteiger partial charge < -0.3 is 15.8 Å². The van der Waals surface area contributed by atoms with Crippen molar-refractivity contribution in [2.45, 2.75) is 13.0 Å². The minimum atomic E-state index is -3.20. The molecule has 0 atom stereocenters. The van der Waals surface area contributed by atoms with Crippen LogP contribution >= 0.6 is 11.6 Å². The van der Waals surface area contributed by atoms with E-state index in [9.17, 15) is 8.42 Å². The first-order chi connectivity index (χ1) is 14.3. The van der Waals surface area contributed by atoms with Crippen molar-refractivity contribution in [3.8, 4) is 11.6 Å². The molecule has 2 aromatic heterocycles. The van der Waals surface area contributed by atoms with Crippen LogP contribution in [0.5, 0.6) is 11.6 Å². The zero-order valence-electron chi connectivity index (χ0n) is 16.0. The van der Waals surface area contributed by atoms with Crippen LogP contribution in [0.15, 0.2) is 42.7 Å². The number of nitrogens with one attached hydrogen (secondary N) is 2. The molecule has 1 aromatic carbocycles. The molecule has 0 bridgehead atoms.